The van der Waals surface area contributed by atoms with E-state index in [9.17, 15) is 0 Å². The van der Waals surface area contributed by atoms with Crippen LogP contribution in [0.5, 0.6) is 0 Å². The van der Waals surface area contributed by atoms with Crippen LogP contribution >= 0.6 is 0 Å². The normalized spacial score (nSPS) is 14.0. The molecule has 2 aromatic rings. The molecule has 20 heavy (non-hydrogen) atoms. The van der Waals surface area contributed by atoms with Crippen LogP contribution in [0.25, 0.3) is 0 Å². The smallest absolute Gasteiger partial charge is 0.0243 e. The molecule has 0 saturated carbocycles. The van der Waals surface area contributed by atoms with Crippen molar-refractivity contribution in [2.75, 3.05) is 0 Å². The molecule has 0 heterocycles. The van der Waals surface area contributed by atoms with Crippen molar-refractivity contribution in [3.63, 3.8) is 0 Å². The molecular formula is C19H25N. The van der Waals surface area contributed by atoms with Crippen molar-refractivity contribution in [3.8, 4) is 0 Å². The Morgan fingerprint density at radius 1 is 1.00 bits per heavy atom. The SMILES string of the molecule is CCCC(N)C(c1ccccc1)c1cc(C)ccc1C. The highest BCUT2D eigenvalue weighted by molar-refractivity contribution is 5.41. The summed E-state index contributed by atoms with van der Waals surface area (Å²) in [5, 5.41) is 0. The monoisotopic (exact) mass is 267 g/mol. The Morgan fingerprint density at radius 3 is 2.35 bits per heavy atom. The second-order valence-electron chi connectivity index (χ2n) is 5.70. The van der Waals surface area contributed by atoms with E-state index in [0.717, 1.165) is 12.8 Å². The average Bonchev–Trinajstić information content (AvgIpc) is 2.44. The minimum atomic E-state index is 0.169. The van der Waals surface area contributed by atoms with Gasteiger partial charge in [-0.2, -0.15) is 0 Å². The zero-order valence-electron chi connectivity index (χ0n) is 12.8. The number of hydrogen-bond donors (Lipinski definition) is 1. The summed E-state index contributed by atoms with van der Waals surface area (Å²) in [5.74, 6) is 0.288. The van der Waals surface area contributed by atoms with Gasteiger partial charge in [-0.3, -0.25) is 0 Å². The third-order valence-electron chi connectivity index (χ3n) is 3.98. The molecule has 2 unspecified atom stereocenters. The third-order valence-corrected chi connectivity index (χ3v) is 3.98. The van der Waals surface area contributed by atoms with Crippen molar-refractivity contribution in [2.24, 2.45) is 5.73 Å². The lowest BCUT2D eigenvalue weighted by Gasteiger charge is -2.26. The molecule has 2 aromatic carbocycles. The summed E-state index contributed by atoms with van der Waals surface area (Å²) in [6.07, 6.45) is 2.17. The lowest BCUT2D eigenvalue weighted by Crippen LogP contribution is -2.29. The highest BCUT2D eigenvalue weighted by Gasteiger charge is 2.22. The second-order valence-corrected chi connectivity index (χ2v) is 5.70. The van der Waals surface area contributed by atoms with Gasteiger partial charge in [-0.1, -0.05) is 67.4 Å². The highest BCUT2D eigenvalue weighted by Crippen LogP contribution is 2.31. The van der Waals surface area contributed by atoms with Crippen molar-refractivity contribution in [2.45, 2.75) is 45.6 Å². The van der Waals surface area contributed by atoms with Gasteiger partial charge >= 0.3 is 0 Å². The lowest BCUT2D eigenvalue weighted by atomic mass is 9.81. The molecule has 0 amide bonds. The molecule has 0 bridgehead atoms. The second kappa shape index (κ2) is 6.71. The maximum absolute atomic E-state index is 6.51. The van der Waals surface area contributed by atoms with Crippen molar-refractivity contribution in [3.05, 3.63) is 70.8 Å². The fourth-order valence-corrected chi connectivity index (χ4v) is 2.91. The largest absolute Gasteiger partial charge is 0.327 e. The molecule has 2 atom stereocenters. The van der Waals surface area contributed by atoms with Crippen LogP contribution < -0.4 is 5.73 Å². The van der Waals surface area contributed by atoms with Gasteiger partial charge in [0.05, 0.1) is 0 Å². The fourth-order valence-electron chi connectivity index (χ4n) is 2.91. The zero-order valence-corrected chi connectivity index (χ0v) is 12.8. The van der Waals surface area contributed by atoms with Crippen molar-refractivity contribution < 1.29 is 0 Å². The first kappa shape index (κ1) is 14.8. The summed E-state index contributed by atoms with van der Waals surface area (Å²) in [4.78, 5) is 0. The van der Waals surface area contributed by atoms with Gasteiger partial charge in [0.15, 0.2) is 0 Å². The minimum absolute atomic E-state index is 0.169. The van der Waals surface area contributed by atoms with E-state index in [4.69, 9.17) is 5.73 Å². The van der Waals surface area contributed by atoms with Gasteiger partial charge < -0.3 is 5.73 Å². The first-order valence-electron chi connectivity index (χ1n) is 7.51. The van der Waals surface area contributed by atoms with E-state index < -0.39 is 0 Å². The molecule has 0 aromatic heterocycles. The maximum atomic E-state index is 6.51. The van der Waals surface area contributed by atoms with Gasteiger partial charge in [0, 0.05) is 12.0 Å². The van der Waals surface area contributed by atoms with Crippen LogP contribution in [0.1, 0.15) is 47.9 Å². The van der Waals surface area contributed by atoms with Crippen LogP contribution in [0.3, 0.4) is 0 Å². The molecule has 0 aliphatic heterocycles. The van der Waals surface area contributed by atoms with Crippen LogP contribution in [-0.4, -0.2) is 6.04 Å². The number of nitrogens with two attached hydrogens (primary N) is 1. The first-order valence-corrected chi connectivity index (χ1v) is 7.51. The van der Waals surface area contributed by atoms with Crippen LogP contribution in [0.2, 0.25) is 0 Å². The quantitative estimate of drug-likeness (QED) is 0.844. The van der Waals surface area contributed by atoms with E-state index in [1.807, 2.05) is 0 Å². The Morgan fingerprint density at radius 2 is 1.70 bits per heavy atom. The Balaban J connectivity index is 2.48. The summed E-state index contributed by atoms with van der Waals surface area (Å²) in [6.45, 7) is 6.53. The molecule has 0 fully saturated rings. The van der Waals surface area contributed by atoms with E-state index in [0.29, 0.717) is 0 Å². The predicted octanol–water partition coefficient (Wildman–Crippen LogP) is 4.56. The Kier molecular flexibility index (Phi) is 4.97. The molecule has 2 rings (SSSR count). The van der Waals surface area contributed by atoms with Crippen molar-refractivity contribution in [1.29, 1.82) is 0 Å². The number of benzene rings is 2. The van der Waals surface area contributed by atoms with Gasteiger partial charge in [-0.05, 0) is 37.0 Å². The Bertz CT molecular complexity index is 545. The summed E-state index contributed by atoms with van der Waals surface area (Å²) >= 11 is 0. The van der Waals surface area contributed by atoms with E-state index in [1.54, 1.807) is 0 Å². The molecular weight excluding hydrogens is 242 g/mol. The van der Waals surface area contributed by atoms with Gasteiger partial charge in [-0.15, -0.1) is 0 Å². The minimum Gasteiger partial charge on any atom is -0.327 e. The maximum Gasteiger partial charge on any atom is 0.0243 e. The number of aryl methyl sites for hydroxylation is 2. The number of hydrogen-bond acceptors (Lipinski definition) is 1. The van der Waals surface area contributed by atoms with Gasteiger partial charge in [0.25, 0.3) is 0 Å². The fraction of sp³-hybridized carbons (Fsp3) is 0.368. The third kappa shape index (κ3) is 3.29. The van der Waals surface area contributed by atoms with Crippen molar-refractivity contribution in [1.82, 2.24) is 0 Å². The Labute approximate surface area is 122 Å². The Hall–Kier alpha value is -1.60. The lowest BCUT2D eigenvalue weighted by molar-refractivity contribution is 0.542. The van der Waals surface area contributed by atoms with Gasteiger partial charge in [-0.25, -0.2) is 0 Å². The molecule has 0 aliphatic carbocycles. The summed E-state index contributed by atoms with van der Waals surface area (Å²) in [6, 6.07) is 17.5. The molecule has 0 radical (unpaired) electrons. The summed E-state index contributed by atoms with van der Waals surface area (Å²) < 4.78 is 0. The molecule has 2 N–H and O–H groups in total. The molecule has 0 saturated heterocycles. The van der Waals surface area contributed by atoms with Crippen LogP contribution in [-0.2, 0) is 0 Å². The van der Waals surface area contributed by atoms with Crippen LogP contribution in [0.15, 0.2) is 48.5 Å². The predicted molar refractivity (Wildman–Crippen MR) is 87.1 cm³/mol. The summed E-state index contributed by atoms with van der Waals surface area (Å²) in [7, 11) is 0. The molecule has 106 valence electrons. The average molecular weight is 267 g/mol. The molecule has 0 aliphatic rings. The molecule has 1 heteroatoms. The van der Waals surface area contributed by atoms with Gasteiger partial charge in [0.2, 0.25) is 0 Å². The van der Waals surface area contributed by atoms with E-state index in [2.05, 4.69) is 69.3 Å². The van der Waals surface area contributed by atoms with Crippen molar-refractivity contribution >= 4 is 0 Å². The summed E-state index contributed by atoms with van der Waals surface area (Å²) in [5.41, 5.74) is 11.8. The van der Waals surface area contributed by atoms with E-state index in [-0.39, 0.29) is 12.0 Å². The van der Waals surface area contributed by atoms with Gasteiger partial charge in [0.1, 0.15) is 0 Å². The number of rotatable bonds is 5. The van der Waals surface area contributed by atoms with E-state index >= 15 is 0 Å². The topological polar surface area (TPSA) is 26.0 Å². The van der Waals surface area contributed by atoms with Crippen LogP contribution in [0.4, 0.5) is 0 Å². The molecule has 0 spiro atoms. The molecule has 1 nitrogen and oxygen atoms in total. The first-order chi connectivity index (χ1) is 9.63. The zero-order chi connectivity index (χ0) is 14.5. The highest BCUT2D eigenvalue weighted by atomic mass is 14.6. The standard InChI is InChI=1S/C19H25N/c1-4-8-18(20)19(16-9-6-5-7-10-16)17-13-14(2)11-12-15(17)3/h5-7,9-13,18-19H,4,8,20H2,1-3H3. The van der Waals surface area contributed by atoms with E-state index in [1.165, 1.54) is 22.3 Å². The van der Waals surface area contributed by atoms with Crippen LogP contribution in [0, 0.1) is 13.8 Å².